The first-order chi connectivity index (χ1) is 9.24. The standard InChI is InChI=1S/C16H20N2S/c1-11(2)12-3-5-13(6-4-12)15(18-14-7-8-14)16-17-9-10-19-16/h3-6,9-11,14-15,18H,7-8H2,1-2H3. The number of benzene rings is 1. The Labute approximate surface area is 118 Å². The minimum absolute atomic E-state index is 0.258. The summed E-state index contributed by atoms with van der Waals surface area (Å²) in [7, 11) is 0. The third-order valence-electron chi connectivity index (χ3n) is 3.61. The number of rotatable bonds is 5. The highest BCUT2D eigenvalue weighted by atomic mass is 32.1. The molecule has 0 amide bonds. The lowest BCUT2D eigenvalue weighted by atomic mass is 9.99. The maximum absolute atomic E-state index is 4.49. The summed E-state index contributed by atoms with van der Waals surface area (Å²) in [6.45, 7) is 4.46. The van der Waals surface area contributed by atoms with Crippen molar-refractivity contribution < 1.29 is 0 Å². The first-order valence-corrected chi connectivity index (χ1v) is 7.87. The Bertz CT molecular complexity index is 512. The average molecular weight is 272 g/mol. The molecule has 3 heteroatoms. The van der Waals surface area contributed by atoms with Crippen LogP contribution in [0.4, 0.5) is 0 Å². The lowest BCUT2D eigenvalue weighted by molar-refractivity contribution is 0.598. The molecule has 1 aliphatic rings. The minimum atomic E-state index is 0.258. The maximum Gasteiger partial charge on any atom is 0.114 e. The molecular weight excluding hydrogens is 252 g/mol. The van der Waals surface area contributed by atoms with E-state index in [0.717, 1.165) is 0 Å². The van der Waals surface area contributed by atoms with Crippen molar-refractivity contribution in [1.29, 1.82) is 0 Å². The maximum atomic E-state index is 4.49. The Morgan fingerprint density at radius 1 is 1.16 bits per heavy atom. The van der Waals surface area contributed by atoms with Crippen molar-refractivity contribution in [1.82, 2.24) is 10.3 Å². The van der Waals surface area contributed by atoms with Crippen LogP contribution in [0.2, 0.25) is 0 Å². The van der Waals surface area contributed by atoms with Gasteiger partial charge >= 0.3 is 0 Å². The fraction of sp³-hybridized carbons (Fsp3) is 0.438. The molecule has 1 N–H and O–H groups in total. The van der Waals surface area contributed by atoms with Gasteiger partial charge in [0.25, 0.3) is 0 Å². The van der Waals surface area contributed by atoms with E-state index < -0.39 is 0 Å². The molecule has 2 aromatic rings. The summed E-state index contributed by atoms with van der Waals surface area (Å²) in [6.07, 6.45) is 4.49. The Hall–Kier alpha value is -1.19. The fourth-order valence-electron chi connectivity index (χ4n) is 2.25. The molecule has 3 rings (SSSR count). The van der Waals surface area contributed by atoms with Crippen LogP contribution in [0.1, 0.15) is 54.8 Å². The number of nitrogens with one attached hydrogen (secondary N) is 1. The number of hydrogen-bond donors (Lipinski definition) is 1. The van der Waals surface area contributed by atoms with Gasteiger partial charge in [0, 0.05) is 17.6 Å². The SMILES string of the molecule is CC(C)c1ccc(C(NC2CC2)c2nccs2)cc1. The zero-order valence-corrected chi connectivity index (χ0v) is 12.3. The lowest BCUT2D eigenvalue weighted by Crippen LogP contribution is -2.24. The highest BCUT2D eigenvalue weighted by Crippen LogP contribution is 2.30. The van der Waals surface area contributed by atoms with Gasteiger partial charge in [-0.1, -0.05) is 38.1 Å². The molecule has 1 heterocycles. The van der Waals surface area contributed by atoms with Crippen LogP contribution < -0.4 is 5.32 Å². The van der Waals surface area contributed by atoms with E-state index in [0.29, 0.717) is 12.0 Å². The van der Waals surface area contributed by atoms with E-state index in [-0.39, 0.29) is 6.04 Å². The Morgan fingerprint density at radius 2 is 1.84 bits per heavy atom. The van der Waals surface area contributed by atoms with Gasteiger partial charge in [-0.3, -0.25) is 0 Å². The predicted molar refractivity (Wildman–Crippen MR) is 80.6 cm³/mol. The van der Waals surface area contributed by atoms with Crippen LogP contribution in [0.25, 0.3) is 0 Å². The Balaban J connectivity index is 1.86. The van der Waals surface area contributed by atoms with Gasteiger partial charge in [-0.05, 0) is 29.9 Å². The molecule has 1 fully saturated rings. The van der Waals surface area contributed by atoms with Gasteiger partial charge in [-0.2, -0.15) is 0 Å². The molecule has 1 aromatic carbocycles. The van der Waals surface area contributed by atoms with Crippen molar-refractivity contribution >= 4 is 11.3 Å². The van der Waals surface area contributed by atoms with Crippen molar-refractivity contribution in [3.63, 3.8) is 0 Å². The monoisotopic (exact) mass is 272 g/mol. The molecule has 2 nitrogen and oxygen atoms in total. The highest BCUT2D eigenvalue weighted by Gasteiger charge is 2.27. The lowest BCUT2D eigenvalue weighted by Gasteiger charge is -2.17. The topological polar surface area (TPSA) is 24.9 Å². The molecule has 1 saturated carbocycles. The van der Waals surface area contributed by atoms with E-state index in [1.54, 1.807) is 11.3 Å². The Morgan fingerprint density at radius 3 is 2.37 bits per heavy atom. The largest absolute Gasteiger partial charge is 0.301 e. The molecule has 1 atom stereocenters. The van der Waals surface area contributed by atoms with E-state index in [9.17, 15) is 0 Å². The second-order valence-electron chi connectivity index (χ2n) is 5.57. The molecule has 1 aromatic heterocycles. The predicted octanol–water partition coefficient (Wildman–Crippen LogP) is 4.11. The zero-order valence-electron chi connectivity index (χ0n) is 11.5. The third-order valence-corrected chi connectivity index (χ3v) is 4.45. The van der Waals surface area contributed by atoms with Gasteiger partial charge in [0.05, 0.1) is 6.04 Å². The smallest absolute Gasteiger partial charge is 0.114 e. The third kappa shape index (κ3) is 3.04. The zero-order chi connectivity index (χ0) is 13.2. The van der Waals surface area contributed by atoms with Crippen LogP contribution >= 0.6 is 11.3 Å². The first-order valence-electron chi connectivity index (χ1n) is 6.99. The van der Waals surface area contributed by atoms with Crippen molar-refractivity contribution in [2.45, 2.75) is 44.7 Å². The quantitative estimate of drug-likeness (QED) is 0.886. The summed E-state index contributed by atoms with van der Waals surface area (Å²) < 4.78 is 0. The second-order valence-corrected chi connectivity index (χ2v) is 6.49. The van der Waals surface area contributed by atoms with E-state index in [1.165, 1.54) is 29.0 Å². The van der Waals surface area contributed by atoms with Gasteiger partial charge < -0.3 is 5.32 Å². The van der Waals surface area contributed by atoms with E-state index in [1.807, 2.05) is 6.20 Å². The average Bonchev–Trinajstić information content (AvgIpc) is 3.08. The van der Waals surface area contributed by atoms with Crippen LogP contribution in [0, 0.1) is 0 Å². The summed E-state index contributed by atoms with van der Waals surface area (Å²) >= 11 is 1.73. The van der Waals surface area contributed by atoms with E-state index >= 15 is 0 Å². The van der Waals surface area contributed by atoms with Gasteiger partial charge in [-0.25, -0.2) is 4.98 Å². The highest BCUT2D eigenvalue weighted by molar-refractivity contribution is 7.09. The summed E-state index contributed by atoms with van der Waals surface area (Å²) in [4.78, 5) is 4.49. The van der Waals surface area contributed by atoms with Crippen molar-refractivity contribution in [2.75, 3.05) is 0 Å². The van der Waals surface area contributed by atoms with Gasteiger partial charge in [0.2, 0.25) is 0 Å². The molecule has 0 saturated heterocycles. The summed E-state index contributed by atoms with van der Waals surface area (Å²) in [5, 5.41) is 6.93. The van der Waals surface area contributed by atoms with E-state index in [2.05, 4.69) is 53.8 Å². The fourth-order valence-corrected chi connectivity index (χ4v) is 2.97. The molecular formula is C16H20N2S. The molecule has 19 heavy (non-hydrogen) atoms. The molecule has 0 aliphatic heterocycles. The minimum Gasteiger partial charge on any atom is -0.301 e. The van der Waals surface area contributed by atoms with Crippen LogP contribution in [-0.2, 0) is 0 Å². The molecule has 0 radical (unpaired) electrons. The van der Waals surface area contributed by atoms with Gasteiger partial charge in [-0.15, -0.1) is 11.3 Å². The van der Waals surface area contributed by atoms with Crippen molar-refractivity contribution in [3.05, 3.63) is 52.0 Å². The number of hydrogen-bond acceptors (Lipinski definition) is 3. The Kier molecular flexibility index (Phi) is 3.67. The number of nitrogens with zero attached hydrogens (tertiary/aromatic N) is 1. The van der Waals surface area contributed by atoms with Crippen LogP contribution in [0.3, 0.4) is 0 Å². The van der Waals surface area contributed by atoms with Gasteiger partial charge in [0.1, 0.15) is 5.01 Å². The van der Waals surface area contributed by atoms with Crippen LogP contribution in [-0.4, -0.2) is 11.0 Å². The van der Waals surface area contributed by atoms with Crippen molar-refractivity contribution in [2.24, 2.45) is 0 Å². The normalized spacial score (nSPS) is 16.8. The first kappa shape index (κ1) is 12.8. The van der Waals surface area contributed by atoms with E-state index in [4.69, 9.17) is 0 Å². The summed E-state index contributed by atoms with van der Waals surface area (Å²) in [5.41, 5.74) is 2.72. The molecule has 0 bridgehead atoms. The van der Waals surface area contributed by atoms with Crippen LogP contribution in [0.15, 0.2) is 35.8 Å². The summed E-state index contributed by atoms with van der Waals surface area (Å²) in [6, 6.07) is 9.92. The van der Waals surface area contributed by atoms with Crippen LogP contribution in [0.5, 0.6) is 0 Å². The molecule has 0 spiro atoms. The van der Waals surface area contributed by atoms with Gasteiger partial charge in [0.15, 0.2) is 0 Å². The number of thiazole rings is 1. The summed E-state index contributed by atoms with van der Waals surface area (Å²) in [5.74, 6) is 0.587. The molecule has 100 valence electrons. The molecule has 1 unspecified atom stereocenters. The second kappa shape index (κ2) is 5.43. The molecule has 1 aliphatic carbocycles. The van der Waals surface area contributed by atoms with Crippen molar-refractivity contribution in [3.8, 4) is 0 Å². The number of aromatic nitrogens is 1.